The van der Waals surface area contributed by atoms with Gasteiger partial charge in [0.25, 0.3) is 0 Å². The van der Waals surface area contributed by atoms with Crippen LogP contribution < -0.4 is 5.73 Å². The van der Waals surface area contributed by atoms with Crippen LogP contribution in [-0.2, 0) is 4.79 Å². The number of aryl methyl sites for hydroxylation is 1. The molecule has 16 heavy (non-hydrogen) atoms. The van der Waals surface area contributed by atoms with Crippen LogP contribution in [0.5, 0.6) is 0 Å². The van der Waals surface area contributed by atoms with Crippen LogP contribution in [0.2, 0.25) is 0 Å². The third kappa shape index (κ3) is 3.17. The van der Waals surface area contributed by atoms with E-state index in [0.717, 1.165) is 16.1 Å². The Morgan fingerprint density at radius 3 is 2.56 bits per heavy atom. The van der Waals surface area contributed by atoms with E-state index in [0.29, 0.717) is 0 Å². The topological polar surface area (TPSA) is 46.3 Å². The van der Waals surface area contributed by atoms with Gasteiger partial charge in [-0.1, -0.05) is 0 Å². The molecule has 88 valence electrons. The molecule has 1 atom stereocenters. The lowest BCUT2D eigenvalue weighted by molar-refractivity contribution is -0.127. The van der Waals surface area contributed by atoms with Crippen LogP contribution >= 0.6 is 11.8 Å². The van der Waals surface area contributed by atoms with Gasteiger partial charge in [-0.05, 0) is 37.6 Å². The summed E-state index contributed by atoms with van der Waals surface area (Å²) in [6, 6.07) is 5.84. The maximum absolute atomic E-state index is 11.7. The lowest BCUT2D eigenvalue weighted by atomic mass is 10.2. The standard InChI is InChI=1S/C12H18N2OS/c1-8-7-10(5-6-11(8)13)16-9(2)12(15)14(3)4/h5-7,9H,13H2,1-4H3. The first-order valence-electron chi connectivity index (χ1n) is 5.15. The summed E-state index contributed by atoms with van der Waals surface area (Å²) < 4.78 is 0. The van der Waals surface area contributed by atoms with Crippen molar-refractivity contribution in [1.82, 2.24) is 4.90 Å². The van der Waals surface area contributed by atoms with Gasteiger partial charge < -0.3 is 10.6 Å². The minimum atomic E-state index is -0.0713. The normalized spacial score (nSPS) is 12.2. The first kappa shape index (κ1) is 12.9. The maximum atomic E-state index is 11.7. The molecule has 0 aromatic heterocycles. The molecule has 0 radical (unpaired) electrons. The first-order chi connectivity index (χ1) is 7.41. The summed E-state index contributed by atoms with van der Waals surface area (Å²) in [4.78, 5) is 14.4. The zero-order chi connectivity index (χ0) is 12.3. The van der Waals surface area contributed by atoms with Gasteiger partial charge in [0.1, 0.15) is 0 Å². The van der Waals surface area contributed by atoms with Crippen molar-refractivity contribution in [2.75, 3.05) is 19.8 Å². The molecule has 1 aromatic carbocycles. The second-order valence-corrected chi connectivity index (χ2v) is 5.43. The second kappa shape index (κ2) is 5.25. The zero-order valence-electron chi connectivity index (χ0n) is 10.2. The molecule has 0 heterocycles. The molecule has 0 aliphatic heterocycles. The van der Waals surface area contributed by atoms with Crippen LogP contribution in [0.4, 0.5) is 5.69 Å². The molecule has 1 aromatic rings. The van der Waals surface area contributed by atoms with Crippen molar-refractivity contribution < 1.29 is 4.79 Å². The number of nitrogens with two attached hydrogens (primary N) is 1. The summed E-state index contributed by atoms with van der Waals surface area (Å²) in [5.41, 5.74) is 7.58. The Morgan fingerprint density at radius 1 is 1.44 bits per heavy atom. The number of hydrogen-bond acceptors (Lipinski definition) is 3. The highest BCUT2D eigenvalue weighted by molar-refractivity contribution is 8.00. The van der Waals surface area contributed by atoms with Crippen molar-refractivity contribution in [3.05, 3.63) is 23.8 Å². The van der Waals surface area contributed by atoms with E-state index in [1.54, 1.807) is 30.8 Å². The number of nitrogen functional groups attached to an aromatic ring is 1. The minimum Gasteiger partial charge on any atom is -0.399 e. The molecule has 1 amide bonds. The summed E-state index contributed by atoms with van der Waals surface area (Å²) >= 11 is 1.56. The number of carbonyl (C=O) groups is 1. The predicted molar refractivity (Wildman–Crippen MR) is 69.6 cm³/mol. The zero-order valence-corrected chi connectivity index (χ0v) is 11.0. The second-order valence-electron chi connectivity index (χ2n) is 4.01. The summed E-state index contributed by atoms with van der Waals surface area (Å²) in [5, 5.41) is -0.0713. The van der Waals surface area contributed by atoms with Gasteiger partial charge in [-0.15, -0.1) is 11.8 Å². The highest BCUT2D eigenvalue weighted by Gasteiger charge is 2.16. The number of carbonyl (C=O) groups excluding carboxylic acids is 1. The molecule has 1 unspecified atom stereocenters. The molecule has 3 nitrogen and oxygen atoms in total. The van der Waals surface area contributed by atoms with E-state index in [-0.39, 0.29) is 11.2 Å². The van der Waals surface area contributed by atoms with Crippen LogP contribution in [0, 0.1) is 6.92 Å². The van der Waals surface area contributed by atoms with Crippen LogP contribution in [0.15, 0.2) is 23.1 Å². The Balaban J connectivity index is 2.73. The van der Waals surface area contributed by atoms with Gasteiger partial charge >= 0.3 is 0 Å². The molecule has 2 N–H and O–H groups in total. The number of anilines is 1. The van der Waals surface area contributed by atoms with E-state index in [2.05, 4.69) is 0 Å². The molecule has 0 bridgehead atoms. The SMILES string of the molecule is Cc1cc(SC(C)C(=O)N(C)C)ccc1N. The third-order valence-corrected chi connectivity index (χ3v) is 3.42. The number of nitrogens with zero attached hydrogens (tertiary/aromatic N) is 1. The number of benzene rings is 1. The molecule has 0 spiro atoms. The average Bonchev–Trinajstić information content (AvgIpc) is 2.22. The van der Waals surface area contributed by atoms with Crippen molar-refractivity contribution >= 4 is 23.4 Å². The Labute approximate surface area is 101 Å². The molecule has 0 saturated carbocycles. The molecule has 0 aliphatic rings. The highest BCUT2D eigenvalue weighted by Crippen LogP contribution is 2.26. The molecule has 4 heteroatoms. The average molecular weight is 238 g/mol. The van der Waals surface area contributed by atoms with Crippen LogP contribution in [-0.4, -0.2) is 30.2 Å². The lowest BCUT2D eigenvalue weighted by Crippen LogP contribution is -2.29. The van der Waals surface area contributed by atoms with Gasteiger partial charge in [0, 0.05) is 24.7 Å². The van der Waals surface area contributed by atoms with Gasteiger partial charge in [0.15, 0.2) is 0 Å². The van der Waals surface area contributed by atoms with Crippen molar-refractivity contribution in [3.8, 4) is 0 Å². The molecule has 0 saturated heterocycles. The maximum Gasteiger partial charge on any atom is 0.235 e. The highest BCUT2D eigenvalue weighted by atomic mass is 32.2. The summed E-state index contributed by atoms with van der Waals surface area (Å²) in [6.07, 6.45) is 0. The molecule has 0 aliphatic carbocycles. The summed E-state index contributed by atoms with van der Waals surface area (Å²) in [6.45, 7) is 3.89. The van der Waals surface area contributed by atoms with E-state index in [4.69, 9.17) is 5.73 Å². The summed E-state index contributed by atoms with van der Waals surface area (Å²) in [5.74, 6) is 0.125. The molecular weight excluding hydrogens is 220 g/mol. The summed E-state index contributed by atoms with van der Waals surface area (Å²) in [7, 11) is 3.54. The molecule has 1 rings (SSSR count). The Hall–Kier alpha value is -1.16. The van der Waals surface area contributed by atoms with Crippen molar-refractivity contribution in [2.24, 2.45) is 0 Å². The predicted octanol–water partition coefficient (Wildman–Crippen LogP) is 2.15. The van der Waals surface area contributed by atoms with Gasteiger partial charge in [-0.25, -0.2) is 0 Å². The number of hydrogen-bond donors (Lipinski definition) is 1. The van der Waals surface area contributed by atoms with Crippen molar-refractivity contribution in [1.29, 1.82) is 0 Å². The van der Waals surface area contributed by atoms with Crippen LogP contribution in [0.25, 0.3) is 0 Å². The van der Waals surface area contributed by atoms with Gasteiger partial charge in [0.2, 0.25) is 5.91 Å². The Kier molecular flexibility index (Phi) is 4.24. The smallest absolute Gasteiger partial charge is 0.235 e. The van der Waals surface area contributed by atoms with Crippen molar-refractivity contribution in [3.63, 3.8) is 0 Å². The van der Waals surface area contributed by atoms with Crippen LogP contribution in [0.3, 0.4) is 0 Å². The minimum absolute atomic E-state index is 0.0713. The van der Waals surface area contributed by atoms with Crippen LogP contribution in [0.1, 0.15) is 12.5 Å². The van der Waals surface area contributed by atoms with E-state index in [1.165, 1.54) is 0 Å². The third-order valence-electron chi connectivity index (χ3n) is 2.34. The van der Waals surface area contributed by atoms with Gasteiger partial charge in [-0.2, -0.15) is 0 Å². The van der Waals surface area contributed by atoms with Gasteiger partial charge in [-0.3, -0.25) is 4.79 Å². The Morgan fingerprint density at radius 2 is 2.06 bits per heavy atom. The first-order valence-corrected chi connectivity index (χ1v) is 6.03. The number of amides is 1. The van der Waals surface area contributed by atoms with E-state index in [1.807, 2.05) is 32.0 Å². The lowest BCUT2D eigenvalue weighted by Gasteiger charge is -2.16. The van der Waals surface area contributed by atoms with E-state index >= 15 is 0 Å². The largest absolute Gasteiger partial charge is 0.399 e. The quantitative estimate of drug-likeness (QED) is 0.648. The van der Waals surface area contributed by atoms with E-state index in [9.17, 15) is 4.79 Å². The monoisotopic (exact) mass is 238 g/mol. The Bertz CT molecular complexity index is 391. The molecular formula is C12H18N2OS. The van der Waals surface area contributed by atoms with Gasteiger partial charge in [0.05, 0.1) is 5.25 Å². The van der Waals surface area contributed by atoms with Crippen molar-refractivity contribution in [2.45, 2.75) is 24.0 Å². The fourth-order valence-electron chi connectivity index (χ4n) is 1.34. The molecule has 0 fully saturated rings. The van der Waals surface area contributed by atoms with E-state index < -0.39 is 0 Å². The number of thioether (sulfide) groups is 1. The fraction of sp³-hybridized carbons (Fsp3) is 0.417. The fourth-order valence-corrected chi connectivity index (χ4v) is 2.45. The number of rotatable bonds is 3.